The predicted octanol–water partition coefficient (Wildman–Crippen LogP) is 3.60. The minimum atomic E-state index is -0.229. The fraction of sp³-hybridized carbons (Fsp3) is 0.381. The molecule has 3 aromatic rings. The lowest BCUT2D eigenvalue weighted by Gasteiger charge is -2.23. The van der Waals surface area contributed by atoms with Crippen molar-refractivity contribution >= 4 is 37.3 Å². The molecule has 9 nitrogen and oxygen atoms in total. The number of ether oxygens (including phenoxy) is 1. The van der Waals surface area contributed by atoms with Crippen LogP contribution in [0.2, 0.25) is 0 Å². The van der Waals surface area contributed by atoms with Gasteiger partial charge >= 0.3 is 6.03 Å². The van der Waals surface area contributed by atoms with E-state index >= 15 is 0 Å². The second-order valence-corrected chi connectivity index (χ2v) is 8.16. The average Bonchev–Trinajstić information content (AvgIpc) is 3.14. The first kappa shape index (κ1) is 21.3. The lowest BCUT2D eigenvalue weighted by molar-refractivity contribution is 0.252. The molecule has 1 saturated heterocycles. The smallest absolute Gasteiger partial charge is 0.319 e. The van der Waals surface area contributed by atoms with Gasteiger partial charge in [-0.2, -0.15) is 0 Å². The van der Waals surface area contributed by atoms with Crippen molar-refractivity contribution < 1.29 is 9.53 Å². The number of carbonyl (C=O) groups is 1. The molecular formula is C21H28N7O2P. The summed E-state index contributed by atoms with van der Waals surface area (Å²) in [5, 5.41) is 18.1. The molecule has 2 amide bonds. The average molecular weight is 441 g/mol. The lowest BCUT2D eigenvalue weighted by Crippen LogP contribution is -2.38. The van der Waals surface area contributed by atoms with E-state index in [-0.39, 0.29) is 6.03 Å². The van der Waals surface area contributed by atoms with Gasteiger partial charge < -0.3 is 26.0 Å². The number of urea groups is 1. The summed E-state index contributed by atoms with van der Waals surface area (Å²) in [4.78, 5) is 16.2. The summed E-state index contributed by atoms with van der Waals surface area (Å²) in [5.41, 5.74) is 1.50. The normalized spacial score (nSPS) is 16.5. The van der Waals surface area contributed by atoms with Crippen LogP contribution in [-0.4, -0.2) is 52.9 Å². The van der Waals surface area contributed by atoms with Crippen LogP contribution in [0.5, 0.6) is 11.5 Å². The molecule has 0 radical (unpaired) electrons. The van der Waals surface area contributed by atoms with E-state index in [1.165, 1.54) is 0 Å². The number of nitrogens with zero attached hydrogens (tertiary/aromatic N) is 3. The van der Waals surface area contributed by atoms with Gasteiger partial charge in [-0.15, -0.1) is 5.10 Å². The number of rotatable bonds is 7. The van der Waals surface area contributed by atoms with E-state index in [2.05, 4.69) is 32.9 Å². The van der Waals surface area contributed by atoms with Crippen LogP contribution in [0.15, 0.2) is 36.5 Å². The van der Waals surface area contributed by atoms with Gasteiger partial charge in [0.15, 0.2) is 11.5 Å². The van der Waals surface area contributed by atoms with Crippen LogP contribution >= 0.6 is 8.73 Å². The minimum Gasteiger partial charge on any atom is -0.456 e. The molecule has 0 spiro atoms. The molecule has 1 aromatic carbocycles. The largest absolute Gasteiger partial charge is 0.456 e. The molecule has 4 rings (SSSR count). The predicted molar refractivity (Wildman–Crippen MR) is 126 cm³/mol. The molecule has 3 heterocycles. The van der Waals surface area contributed by atoms with Gasteiger partial charge in [0.25, 0.3) is 0 Å². The van der Waals surface area contributed by atoms with E-state index in [0.29, 0.717) is 38.5 Å². The molecule has 1 aliphatic rings. The van der Waals surface area contributed by atoms with Crippen molar-refractivity contribution in [2.45, 2.75) is 25.8 Å². The number of hydrogen-bond donors (Lipinski definition) is 4. The maximum absolute atomic E-state index is 11.7. The zero-order chi connectivity index (χ0) is 21.6. The summed E-state index contributed by atoms with van der Waals surface area (Å²) >= 11 is 0. The van der Waals surface area contributed by atoms with E-state index in [1.807, 2.05) is 41.7 Å². The summed E-state index contributed by atoms with van der Waals surface area (Å²) in [6.07, 6.45) is 3.99. The van der Waals surface area contributed by atoms with Gasteiger partial charge in [0.1, 0.15) is 16.9 Å². The number of anilines is 2. The van der Waals surface area contributed by atoms with Crippen LogP contribution < -0.4 is 26.0 Å². The van der Waals surface area contributed by atoms with Crippen LogP contribution in [0.1, 0.15) is 19.8 Å². The van der Waals surface area contributed by atoms with Gasteiger partial charge in [-0.1, -0.05) is 0 Å². The van der Waals surface area contributed by atoms with E-state index in [0.717, 1.165) is 42.8 Å². The van der Waals surface area contributed by atoms with Crippen molar-refractivity contribution in [3.8, 4) is 11.5 Å². The quantitative estimate of drug-likeness (QED) is 0.418. The van der Waals surface area contributed by atoms with Crippen molar-refractivity contribution in [2.75, 3.05) is 36.9 Å². The Labute approximate surface area is 183 Å². The molecule has 4 N–H and O–H groups in total. The van der Waals surface area contributed by atoms with Crippen LogP contribution in [-0.2, 0) is 0 Å². The van der Waals surface area contributed by atoms with E-state index in [4.69, 9.17) is 9.84 Å². The molecule has 2 aromatic heterocycles. The monoisotopic (exact) mass is 441 g/mol. The van der Waals surface area contributed by atoms with E-state index in [1.54, 1.807) is 6.20 Å². The molecule has 31 heavy (non-hydrogen) atoms. The third-order valence-electron chi connectivity index (χ3n) is 5.06. The Balaban J connectivity index is 1.58. The number of hydrogen-bond acceptors (Lipinski definition) is 6. The number of benzene rings is 1. The molecule has 10 heteroatoms. The molecule has 1 unspecified atom stereocenters. The molecule has 164 valence electrons. The highest BCUT2D eigenvalue weighted by molar-refractivity contribution is 7.35. The molecule has 0 saturated carbocycles. The highest BCUT2D eigenvalue weighted by atomic mass is 31.1. The number of pyridine rings is 1. The maximum Gasteiger partial charge on any atom is 0.319 e. The third-order valence-corrected chi connectivity index (χ3v) is 5.79. The Hall–Kier alpha value is -2.90. The second kappa shape index (κ2) is 9.94. The van der Waals surface area contributed by atoms with Crippen molar-refractivity contribution in [3.05, 3.63) is 36.5 Å². The Morgan fingerprint density at radius 3 is 2.87 bits per heavy atom. The van der Waals surface area contributed by atoms with Crippen molar-refractivity contribution in [1.29, 1.82) is 0 Å². The summed E-state index contributed by atoms with van der Waals surface area (Å²) in [6.45, 7) is 6.50. The Morgan fingerprint density at radius 2 is 2.16 bits per heavy atom. The van der Waals surface area contributed by atoms with E-state index < -0.39 is 0 Å². The standard InChI is InChI=1S/C21H28N7O2P/c1-3-23-21(29)26-14-6-8-16(9-7-14)30-17-10-12-24-20-18(17)19(27-28(20)31-2)25-15-5-4-11-22-13-15/h6-10,12,15,22,31H,3-5,11,13H2,1-2H3,(H,25,27)(H2,23,26,29)/t15-/m1/s1. The first-order chi connectivity index (χ1) is 15.2. The summed E-state index contributed by atoms with van der Waals surface area (Å²) in [7, 11) is 0.462. The highest BCUT2D eigenvalue weighted by Gasteiger charge is 2.20. The zero-order valence-electron chi connectivity index (χ0n) is 17.7. The highest BCUT2D eigenvalue weighted by Crippen LogP contribution is 2.36. The van der Waals surface area contributed by atoms with Gasteiger partial charge in [0.05, 0.1) is 0 Å². The fourth-order valence-corrected chi connectivity index (χ4v) is 4.18. The minimum absolute atomic E-state index is 0.229. The van der Waals surface area contributed by atoms with Crippen molar-refractivity contribution in [3.63, 3.8) is 0 Å². The topological polar surface area (TPSA) is 105 Å². The summed E-state index contributed by atoms with van der Waals surface area (Å²) in [6, 6.07) is 9.24. The molecular weight excluding hydrogens is 413 g/mol. The van der Waals surface area contributed by atoms with Gasteiger partial charge in [-0.05, 0) is 57.2 Å². The molecule has 0 bridgehead atoms. The first-order valence-electron chi connectivity index (χ1n) is 10.5. The van der Waals surface area contributed by atoms with Crippen LogP contribution in [0.3, 0.4) is 0 Å². The molecule has 0 aliphatic carbocycles. The fourth-order valence-electron chi connectivity index (χ4n) is 3.59. The zero-order valence-corrected chi connectivity index (χ0v) is 18.7. The summed E-state index contributed by atoms with van der Waals surface area (Å²) in [5.74, 6) is 2.17. The van der Waals surface area contributed by atoms with Crippen LogP contribution in [0.4, 0.5) is 16.3 Å². The van der Waals surface area contributed by atoms with Crippen LogP contribution in [0.25, 0.3) is 11.0 Å². The van der Waals surface area contributed by atoms with Gasteiger partial charge in [-0.3, -0.25) is 0 Å². The number of nitrogens with one attached hydrogen (secondary N) is 4. The van der Waals surface area contributed by atoms with Crippen molar-refractivity contribution in [1.82, 2.24) is 25.2 Å². The Kier molecular flexibility index (Phi) is 6.84. The number of aromatic nitrogens is 3. The number of fused-ring (bicyclic) bond motifs is 1. The van der Waals surface area contributed by atoms with Gasteiger partial charge in [0, 0.05) is 45.8 Å². The van der Waals surface area contributed by atoms with E-state index in [9.17, 15) is 4.79 Å². The van der Waals surface area contributed by atoms with Gasteiger partial charge in [-0.25, -0.2) is 14.2 Å². The Bertz CT molecular complexity index is 1030. The second-order valence-electron chi connectivity index (χ2n) is 7.29. The SMILES string of the molecule is CCNC(=O)Nc1ccc(Oc2ccnc3c2c(N[C@@H]2CCCNC2)nn3PC)cc1. The number of carbonyl (C=O) groups excluding carboxylic acids is 1. The molecule has 2 atom stereocenters. The first-order valence-corrected chi connectivity index (χ1v) is 12.0. The molecule has 1 fully saturated rings. The third kappa shape index (κ3) is 5.06. The Morgan fingerprint density at radius 1 is 1.32 bits per heavy atom. The van der Waals surface area contributed by atoms with Crippen molar-refractivity contribution in [2.24, 2.45) is 0 Å². The van der Waals surface area contributed by atoms with Gasteiger partial charge in [0.2, 0.25) is 0 Å². The number of amides is 2. The molecule has 1 aliphatic heterocycles. The number of piperidine rings is 1. The lowest BCUT2D eigenvalue weighted by atomic mass is 10.1. The summed E-state index contributed by atoms with van der Waals surface area (Å²) < 4.78 is 8.13. The maximum atomic E-state index is 11.7. The van der Waals surface area contributed by atoms with Crippen LogP contribution in [0, 0.1) is 0 Å².